The molecule has 0 fully saturated rings. The predicted molar refractivity (Wildman–Crippen MR) is 33.7 cm³/mol. The van der Waals surface area contributed by atoms with Crippen LogP contribution in [0.3, 0.4) is 0 Å². The van der Waals surface area contributed by atoms with Gasteiger partial charge in [-0.2, -0.15) is 8.78 Å². The number of nitrogens with one attached hydrogen (secondary N) is 1. The van der Waals surface area contributed by atoms with Crippen molar-refractivity contribution in [1.29, 1.82) is 0 Å². The van der Waals surface area contributed by atoms with Gasteiger partial charge in [0.15, 0.2) is 0 Å². The number of halogens is 2. The van der Waals surface area contributed by atoms with Gasteiger partial charge in [-0.1, -0.05) is 0 Å². The van der Waals surface area contributed by atoms with Crippen molar-refractivity contribution in [3.63, 3.8) is 0 Å². The second-order valence-electron chi connectivity index (χ2n) is 1.99. The van der Waals surface area contributed by atoms with E-state index < -0.39 is 12.5 Å². The average Bonchev–Trinajstić information content (AvgIpc) is 2.38. The summed E-state index contributed by atoms with van der Waals surface area (Å²) in [5.74, 6) is -2.91. The highest BCUT2D eigenvalue weighted by molar-refractivity contribution is 5.10. The Bertz CT molecular complexity index is 194. The molecule has 0 atom stereocenters. The summed E-state index contributed by atoms with van der Waals surface area (Å²) in [4.78, 5) is 2.40. The van der Waals surface area contributed by atoms with E-state index in [4.69, 9.17) is 5.73 Å². The van der Waals surface area contributed by atoms with Crippen LogP contribution in [0.5, 0.6) is 0 Å². The lowest BCUT2D eigenvalue weighted by Gasteiger charge is -2.10. The molecule has 0 saturated heterocycles. The van der Waals surface area contributed by atoms with Crippen LogP contribution < -0.4 is 5.73 Å². The maximum atomic E-state index is 12.6. The van der Waals surface area contributed by atoms with E-state index >= 15 is 0 Å². The van der Waals surface area contributed by atoms with Gasteiger partial charge in [0.1, 0.15) is 0 Å². The molecule has 56 valence electrons. The lowest BCUT2D eigenvalue weighted by Crippen LogP contribution is -2.25. The fourth-order valence-corrected chi connectivity index (χ4v) is 0.668. The van der Waals surface area contributed by atoms with Crippen molar-refractivity contribution in [2.45, 2.75) is 5.92 Å². The number of hydrogen-bond acceptors (Lipinski definition) is 1. The number of H-pyrrole nitrogens is 1. The molecular formula is C6H8F2N2. The number of nitrogens with two attached hydrogens (primary N) is 1. The van der Waals surface area contributed by atoms with Gasteiger partial charge in [-0.25, -0.2) is 0 Å². The maximum absolute atomic E-state index is 12.6. The van der Waals surface area contributed by atoms with Gasteiger partial charge in [-0.3, -0.25) is 0 Å². The van der Waals surface area contributed by atoms with E-state index in [0.717, 1.165) is 0 Å². The summed E-state index contributed by atoms with van der Waals surface area (Å²) in [7, 11) is 0. The molecule has 0 aromatic carbocycles. The van der Waals surface area contributed by atoms with E-state index in [2.05, 4.69) is 4.98 Å². The van der Waals surface area contributed by atoms with Crippen molar-refractivity contribution < 1.29 is 8.78 Å². The summed E-state index contributed by atoms with van der Waals surface area (Å²) in [6.45, 7) is -0.659. The summed E-state index contributed by atoms with van der Waals surface area (Å²) in [5, 5.41) is 0. The molecule has 0 aliphatic heterocycles. The smallest absolute Gasteiger partial charge is 0.299 e. The van der Waals surface area contributed by atoms with Gasteiger partial charge in [0, 0.05) is 6.20 Å². The van der Waals surface area contributed by atoms with E-state index in [1.807, 2.05) is 0 Å². The predicted octanol–water partition coefficient (Wildman–Crippen LogP) is 1.07. The van der Waals surface area contributed by atoms with Gasteiger partial charge in [0.05, 0.1) is 12.2 Å². The minimum absolute atomic E-state index is 0.130. The zero-order valence-electron chi connectivity index (χ0n) is 5.27. The first-order chi connectivity index (χ1) is 4.67. The zero-order chi connectivity index (χ0) is 7.61. The zero-order valence-corrected chi connectivity index (χ0v) is 5.27. The monoisotopic (exact) mass is 146 g/mol. The van der Waals surface area contributed by atoms with Crippen LogP contribution in [0.2, 0.25) is 0 Å². The van der Waals surface area contributed by atoms with E-state index in [-0.39, 0.29) is 5.69 Å². The summed E-state index contributed by atoms with van der Waals surface area (Å²) in [6.07, 6.45) is 1.44. The Morgan fingerprint density at radius 1 is 1.60 bits per heavy atom. The van der Waals surface area contributed by atoms with E-state index in [1.54, 1.807) is 0 Å². The molecule has 0 spiro atoms. The van der Waals surface area contributed by atoms with E-state index in [0.29, 0.717) is 0 Å². The first-order valence-corrected chi connectivity index (χ1v) is 2.88. The lowest BCUT2D eigenvalue weighted by atomic mass is 10.2. The molecule has 0 aliphatic carbocycles. The number of hydrogen-bond donors (Lipinski definition) is 2. The van der Waals surface area contributed by atoms with Crippen LogP contribution in [-0.2, 0) is 5.92 Å². The molecule has 4 heteroatoms. The molecule has 1 heterocycles. The molecule has 0 aliphatic rings. The molecule has 2 nitrogen and oxygen atoms in total. The molecule has 0 bridgehead atoms. The third-order valence-electron chi connectivity index (χ3n) is 1.25. The Kier molecular flexibility index (Phi) is 1.72. The van der Waals surface area contributed by atoms with Crippen molar-refractivity contribution in [1.82, 2.24) is 4.98 Å². The molecule has 1 aromatic rings. The molecule has 0 amide bonds. The second-order valence-corrected chi connectivity index (χ2v) is 1.99. The average molecular weight is 146 g/mol. The van der Waals surface area contributed by atoms with Gasteiger partial charge in [-0.05, 0) is 12.1 Å². The van der Waals surface area contributed by atoms with Crippen LogP contribution in [-0.4, -0.2) is 11.5 Å². The molecular weight excluding hydrogens is 138 g/mol. The van der Waals surface area contributed by atoms with E-state index in [9.17, 15) is 8.78 Å². The normalized spacial score (nSPS) is 11.9. The first kappa shape index (κ1) is 7.21. The van der Waals surface area contributed by atoms with Gasteiger partial charge in [-0.15, -0.1) is 0 Å². The van der Waals surface area contributed by atoms with Crippen LogP contribution in [0.25, 0.3) is 0 Å². The number of aromatic nitrogens is 1. The van der Waals surface area contributed by atoms with Gasteiger partial charge < -0.3 is 10.7 Å². The van der Waals surface area contributed by atoms with Crippen LogP contribution in [0.1, 0.15) is 5.69 Å². The summed E-state index contributed by atoms with van der Waals surface area (Å²) >= 11 is 0. The number of alkyl halides is 2. The van der Waals surface area contributed by atoms with Crippen molar-refractivity contribution >= 4 is 0 Å². The quantitative estimate of drug-likeness (QED) is 0.643. The van der Waals surface area contributed by atoms with Crippen LogP contribution in [0, 0.1) is 0 Å². The highest BCUT2D eigenvalue weighted by Crippen LogP contribution is 2.23. The molecule has 3 N–H and O–H groups in total. The highest BCUT2D eigenvalue weighted by Gasteiger charge is 2.29. The standard InChI is InChI=1S/C6H8F2N2/c7-6(8,4-9)5-2-1-3-10-5/h1-3,10H,4,9H2. The van der Waals surface area contributed by atoms with Crippen molar-refractivity contribution in [2.24, 2.45) is 5.73 Å². The van der Waals surface area contributed by atoms with Crippen molar-refractivity contribution in [3.8, 4) is 0 Å². The third-order valence-corrected chi connectivity index (χ3v) is 1.25. The highest BCUT2D eigenvalue weighted by atomic mass is 19.3. The minimum atomic E-state index is -2.91. The van der Waals surface area contributed by atoms with Crippen LogP contribution >= 0.6 is 0 Å². The van der Waals surface area contributed by atoms with Crippen LogP contribution in [0.4, 0.5) is 8.78 Å². The first-order valence-electron chi connectivity index (χ1n) is 2.88. The molecule has 10 heavy (non-hydrogen) atoms. The number of aromatic amines is 1. The third kappa shape index (κ3) is 1.16. The Balaban J connectivity index is 2.85. The van der Waals surface area contributed by atoms with E-state index in [1.165, 1.54) is 18.3 Å². The molecule has 0 unspecified atom stereocenters. The number of rotatable bonds is 2. The SMILES string of the molecule is NCC(F)(F)c1ccc[nH]1. The Hall–Kier alpha value is -0.900. The summed E-state index contributed by atoms with van der Waals surface area (Å²) < 4.78 is 25.1. The molecule has 0 radical (unpaired) electrons. The summed E-state index contributed by atoms with van der Waals surface area (Å²) in [6, 6.07) is 2.83. The molecule has 0 saturated carbocycles. The minimum Gasteiger partial charge on any atom is -0.360 e. The van der Waals surface area contributed by atoms with Crippen molar-refractivity contribution in [2.75, 3.05) is 6.54 Å². The van der Waals surface area contributed by atoms with Gasteiger partial charge in [0.2, 0.25) is 0 Å². The van der Waals surface area contributed by atoms with Crippen molar-refractivity contribution in [3.05, 3.63) is 24.0 Å². The lowest BCUT2D eigenvalue weighted by molar-refractivity contribution is 0.00191. The second kappa shape index (κ2) is 2.38. The van der Waals surface area contributed by atoms with Crippen LogP contribution in [0.15, 0.2) is 18.3 Å². The Morgan fingerprint density at radius 2 is 2.30 bits per heavy atom. The van der Waals surface area contributed by atoms with Gasteiger partial charge in [0.25, 0.3) is 5.92 Å². The Labute approximate surface area is 57.0 Å². The topological polar surface area (TPSA) is 41.8 Å². The largest absolute Gasteiger partial charge is 0.360 e. The summed E-state index contributed by atoms with van der Waals surface area (Å²) in [5.41, 5.74) is 4.70. The maximum Gasteiger partial charge on any atom is 0.299 e. The van der Waals surface area contributed by atoms with Gasteiger partial charge >= 0.3 is 0 Å². The fourth-order valence-electron chi connectivity index (χ4n) is 0.668. The molecule has 1 aromatic heterocycles. The fraction of sp³-hybridized carbons (Fsp3) is 0.333. The molecule has 1 rings (SSSR count). The Morgan fingerprint density at radius 3 is 2.70 bits per heavy atom.